The van der Waals surface area contributed by atoms with Crippen molar-refractivity contribution in [3.8, 4) is 11.3 Å². The fraction of sp³-hybridized carbons (Fsp3) is 0.0556. The summed E-state index contributed by atoms with van der Waals surface area (Å²) in [4.78, 5) is 0. The number of allylic oxidation sites excluding steroid dienone is 1. The van der Waals surface area contributed by atoms with Crippen LogP contribution in [-0.2, 0) is 0 Å². The first-order valence-electron chi connectivity index (χ1n) is 6.79. The second-order valence-electron chi connectivity index (χ2n) is 4.80. The van der Waals surface area contributed by atoms with Crippen molar-refractivity contribution in [3.05, 3.63) is 84.4 Å². The van der Waals surface area contributed by atoms with Crippen LogP contribution in [0, 0.1) is 0 Å². The maximum absolute atomic E-state index is 6.02. The van der Waals surface area contributed by atoms with Crippen LogP contribution in [0.15, 0.2) is 77.8 Å². The Bertz CT molecular complexity index is 732. The molecule has 0 radical (unpaired) electrons. The number of nitrogen functional groups attached to an aromatic ring is 1. The maximum Gasteiger partial charge on any atom is 0.226 e. The van der Waals surface area contributed by atoms with E-state index in [1.165, 1.54) is 0 Å². The Morgan fingerprint density at radius 2 is 1.62 bits per heavy atom. The highest BCUT2D eigenvalue weighted by Crippen LogP contribution is 2.37. The highest BCUT2D eigenvalue weighted by molar-refractivity contribution is 5.69. The van der Waals surface area contributed by atoms with Crippen molar-refractivity contribution in [1.29, 1.82) is 0 Å². The maximum atomic E-state index is 6.02. The molecule has 0 aliphatic carbocycles. The second-order valence-corrected chi connectivity index (χ2v) is 4.80. The van der Waals surface area contributed by atoms with E-state index in [4.69, 9.17) is 10.3 Å². The summed E-state index contributed by atoms with van der Waals surface area (Å²) >= 11 is 0. The summed E-state index contributed by atoms with van der Waals surface area (Å²) in [6.07, 6.45) is 1.87. The van der Waals surface area contributed by atoms with Gasteiger partial charge < -0.3 is 10.3 Å². The molecule has 3 rings (SSSR count). The van der Waals surface area contributed by atoms with Gasteiger partial charge in [0.2, 0.25) is 5.88 Å². The van der Waals surface area contributed by atoms with E-state index >= 15 is 0 Å². The van der Waals surface area contributed by atoms with Gasteiger partial charge in [-0.2, -0.15) is 0 Å². The fourth-order valence-electron chi connectivity index (χ4n) is 2.50. The molecule has 3 aromatic rings. The minimum absolute atomic E-state index is 0.0485. The number of hydrogen-bond acceptors (Lipinski definition) is 3. The molecule has 3 nitrogen and oxygen atoms in total. The van der Waals surface area contributed by atoms with Crippen molar-refractivity contribution < 1.29 is 4.52 Å². The Balaban J connectivity index is 2.14. The molecular formula is C18H16N2O. The van der Waals surface area contributed by atoms with Gasteiger partial charge in [0.15, 0.2) is 0 Å². The van der Waals surface area contributed by atoms with E-state index in [0.29, 0.717) is 5.88 Å². The van der Waals surface area contributed by atoms with Crippen LogP contribution in [-0.4, -0.2) is 5.16 Å². The average molecular weight is 276 g/mol. The quantitative estimate of drug-likeness (QED) is 0.725. The Morgan fingerprint density at radius 1 is 1.00 bits per heavy atom. The SMILES string of the molecule is C=CC(c1ccccc1)c1c(-c2ccccc2)noc1N. The lowest BCUT2D eigenvalue weighted by molar-refractivity contribution is 0.438. The van der Waals surface area contributed by atoms with Crippen LogP contribution in [0.5, 0.6) is 0 Å². The number of aromatic nitrogens is 1. The van der Waals surface area contributed by atoms with Gasteiger partial charge in [0, 0.05) is 11.5 Å². The summed E-state index contributed by atoms with van der Waals surface area (Å²) in [5.74, 6) is 0.287. The molecule has 1 atom stereocenters. The molecule has 0 spiro atoms. The summed E-state index contributed by atoms with van der Waals surface area (Å²) in [6, 6.07) is 20.0. The Labute approximate surface area is 123 Å². The van der Waals surface area contributed by atoms with Crippen molar-refractivity contribution in [2.24, 2.45) is 0 Å². The lowest BCUT2D eigenvalue weighted by atomic mass is 9.89. The topological polar surface area (TPSA) is 52.0 Å². The summed E-state index contributed by atoms with van der Waals surface area (Å²) in [5.41, 5.74) is 9.74. The van der Waals surface area contributed by atoms with Crippen LogP contribution in [0.25, 0.3) is 11.3 Å². The van der Waals surface area contributed by atoms with Gasteiger partial charge in [-0.3, -0.25) is 0 Å². The molecule has 2 aromatic carbocycles. The van der Waals surface area contributed by atoms with E-state index in [2.05, 4.69) is 11.7 Å². The van der Waals surface area contributed by atoms with Crippen LogP contribution < -0.4 is 5.73 Å². The van der Waals surface area contributed by atoms with Crippen molar-refractivity contribution in [2.75, 3.05) is 5.73 Å². The fourth-order valence-corrected chi connectivity index (χ4v) is 2.50. The van der Waals surface area contributed by atoms with Crippen molar-refractivity contribution in [1.82, 2.24) is 5.16 Å². The number of hydrogen-bond donors (Lipinski definition) is 1. The molecule has 0 aliphatic heterocycles. The monoisotopic (exact) mass is 276 g/mol. The summed E-state index contributed by atoms with van der Waals surface area (Å²) in [5, 5.41) is 4.13. The summed E-state index contributed by atoms with van der Waals surface area (Å²) in [7, 11) is 0. The summed E-state index contributed by atoms with van der Waals surface area (Å²) < 4.78 is 5.23. The standard InChI is InChI=1S/C18H16N2O/c1-2-15(13-9-5-3-6-10-13)16-17(20-21-18(16)19)14-11-7-4-8-12-14/h2-12,15H,1,19H2. The molecule has 1 unspecified atom stereocenters. The molecule has 104 valence electrons. The molecule has 2 N–H and O–H groups in total. The third kappa shape index (κ3) is 2.46. The molecule has 0 amide bonds. The molecule has 21 heavy (non-hydrogen) atoms. The van der Waals surface area contributed by atoms with Crippen LogP contribution in [0.2, 0.25) is 0 Å². The highest BCUT2D eigenvalue weighted by atomic mass is 16.5. The lowest BCUT2D eigenvalue weighted by Crippen LogP contribution is -2.01. The molecule has 0 saturated carbocycles. The van der Waals surface area contributed by atoms with Crippen LogP contribution >= 0.6 is 0 Å². The minimum atomic E-state index is -0.0485. The van der Waals surface area contributed by atoms with Crippen molar-refractivity contribution in [3.63, 3.8) is 0 Å². The molecule has 0 bridgehead atoms. The zero-order chi connectivity index (χ0) is 14.7. The number of benzene rings is 2. The Morgan fingerprint density at radius 3 is 2.24 bits per heavy atom. The van der Waals surface area contributed by atoms with Gasteiger partial charge in [-0.1, -0.05) is 71.9 Å². The number of anilines is 1. The van der Waals surface area contributed by atoms with Gasteiger partial charge in [0.25, 0.3) is 0 Å². The van der Waals surface area contributed by atoms with Crippen LogP contribution in [0.1, 0.15) is 17.0 Å². The van der Waals surface area contributed by atoms with E-state index in [1.807, 2.05) is 66.7 Å². The zero-order valence-corrected chi connectivity index (χ0v) is 11.6. The largest absolute Gasteiger partial charge is 0.367 e. The van der Waals surface area contributed by atoms with Crippen LogP contribution in [0.3, 0.4) is 0 Å². The number of nitrogens with zero attached hydrogens (tertiary/aromatic N) is 1. The van der Waals surface area contributed by atoms with Gasteiger partial charge in [-0.15, -0.1) is 6.58 Å². The molecule has 3 heteroatoms. The zero-order valence-electron chi connectivity index (χ0n) is 11.6. The normalized spacial score (nSPS) is 12.0. The first-order chi connectivity index (χ1) is 10.3. The second kappa shape index (κ2) is 5.67. The smallest absolute Gasteiger partial charge is 0.226 e. The first kappa shape index (κ1) is 13.2. The van der Waals surface area contributed by atoms with Crippen molar-refractivity contribution in [2.45, 2.75) is 5.92 Å². The third-order valence-corrected chi connectivity index (χ3v) is 3.51. The van der Waals surface area contributed by atoms with Gasteiger partial charge >= 0.3 is 0 Å². The van der Waals surface area contributed by atoms with E-state index in [0.717, 1.165) is 22.4 Å². The average Bonchev–Trinajstić information content (AvgIpc) is 2.92. The Kier molecular flexibility index (Phi) is 3.56. The molecule has 1 heterocycles. The molecule has 0 aliphatic rings. The minimum Gasteiger partial charge on any atom is -0.367 e. The van der Waals surface area contributed by atoms with Gasteiger partial charge in [0.1, 0.15) is 5.69 Å². The van der Waals surface area contributed by atoms with Gasteiger partial charge in [0.05, 0.1) is 5.56 Å². The third-order valence-electron chi connectivity index (χ3n) is 3.51. The highest BCUT2D eigenvalue weighted by Gasteiger charge is 2.23. The molecule has 0 saturated heterocycles. The predicted octanol–water partition coefficient (Wildman–Crippen LogP) is 4.24. The van der Waals surface area contributed by atoms with E-state index in [9.17, 15) is 0 Å². The molecular weight excluding hydrogens is 260 g/mol. The number of rotatable bonds is 4. The van der Waals surface area contributed by atoms with Crippen LogP contribution in [0.4, 0.5) is 5.88 Å². The number of nitrogens with two attached hydrogens (primary N) is 1. The lowest BCUT2D eigenvalue weighted by Gasteiger charge is -2.13. The molecule has 1 aromatic heterocycles. The summed E-state index contributed by atoms with van der Waals surface area (Å²) in [6.45, 7) is 3.94. The van der Waals surface area contributed by atoms with Gasteiger partial charge in [-0.05, 0) is 5.56 Å². The van der Waals surface area contributed by atoms with E-state index < -0.39 is 0 Å². The predicted molar refractivity (Wildman–Crippen MR) is 84.8 cm³/mol. The molecule has 0 fully saturated rings. The Hall–Kier alpha value is -2.81. The van der Waals surface area contributed by atoms with Gasteiger partial charge in [-0.25, -0.2) is 0 Å². The van der Waals surface area contributed by atoms with Crippen molar-refractivity contribution >= 4 is 5.88 Å². The first-order valence-corrected chi connectivity index (χ1v) is 6.79. The van der Waals surface area contributed by atoms with E-state index in [1.54, 1.807) is 0 Å². The van der Waals surface area contributed by atoms with E-state index in [-0.39, 0.29) is 5.92 Å².